The van der Waals surface area contributed by atoms with Crippen LogP contribution in [0.5, 0.6) is 0 Å². The number of nitrogens with one attached hydrogen (secondary N) is 2. The first-order valence-electron chi connectivity index (χ1n) is 6.44. The van der Waals surface area contributed by atoms with Crippen LogP contribution < -0.4 is 10.6 Å². The Kier molecular flexibility index (Phi) is 5.35. The predicted molar refractivity (Wildman–Crippen MR) is 73.7 cm³/mol. The number of alkyl carbamates (subject to hydrolysis) is 1. The average Bonchev–Trinajstić information content (AvgIpc) is 2.61. The van der Waals surface area contributed by atoms with E-state index in [-0.39, 0.29) is 6.04 Å². The number of nitrogens with zero attached hydrogens (tertiary/aromatic N) is 2. The highest BCUT2D eigenvalue weighted by atomic mass is 16.6. The van der Waals surface area contributed by atoms with Crippen molar-refractivity contribution in [1.29, 1.82) is 0 Å². The van der Waals surface area contributed by atoms with Gasteiger partial charge in [0.25, 0.3) is 0 Å². The lowest BCUT2D eigenvalue weighted by Gasteiger charge is -2.22. The number of hydrogen-bond donors (Lipinski definition) is 2. The SMILES string of the molecule is CC(CNCc1nccn1C)NC(=O)OC(C)(C)C. The van der Waals surface area contributed by atoms with E-state index >= 15 is 0 Å². The maximum Gasteiger partial charge on any atom is 0.407 e. The first kappa shape index (κ1) is 15.5. The highest BCUT2D eigenvalue weighted by Crippen LogP contribution is 2.06. The number of rotatable bonds is 5. The molecule has 108 valence electrons. The minimum atomic E-state index is -0.468. The number of aromatic nitrogens is 2. The van der Waals surface area contributed by atoms with Gasteiger partial charge in [-0.3, -0.25) is 0 Å². The molecule has 0 saturated carbocycles. The Morgan fingerprint density at radius 2 is 2.21 bits per heavy atom. The molecule has 1 rings (SSSR count). The number of ether oxygens (including phenoxy) is 1. The van der Waals surface area contributed by atoms with E-state index in [0.29, 0.717) is 13.1 Å². The third-order valence-electron chi connectivity index (χ3n) is 2.42. The Morgan fingerprint density at radius 1 is 1.53 bits per heavy atom. The van der Waals surface area contributed by atoms with Gasteiger partial charge in [-0.2, -0.15) is 0 Å². The van der Waals surface area contributed by atoms with Gasteiger partial charge in [0.15, 0.2) is 0 Å². The fourth-order valence-corrected chi connectivity index (χ4v) is 1.53. The van der Waals surface area contributed by atoms with E-state index in [0.717, 1.165) is 5.82 Å². The van der Waals surface area contributed by atoms with E-state index in [9.17, 15) is 4.79 Å². The van der Waals surface area contributed by atoms with Crippen molar-refractivity contribution in [3.8, 4) is 0 Å². The molecule has 2 N–H and O–H groups in total. The van der Waals surface area contributed by atoms with Crippen molar-refractivity contribution in [3.05, 3.63) is 18.2 Å². The van der Waals surface area contributed by atoms with E-state index in [1.807, 2.05) is 45.5 Å². The van der Waals surface area contributed by atoms with Crippen LogP contribution in [0.4, 0.5) is 4.79 Å². The number of aryl methyl sites for hydroxylation is 1. The van der Waals surface area contributed by atoms with Gasteiger partial charge < -0.3 is 19.9 Å². The van der Waals surface area contributed by atoms with Gasteiger partial charge in [-0.1, -0.05) is 0 Å². The van der Waals surface area contributed by atoms with Gasteiger partial charge >= 0.3 is 6.09 Å². The molecule has 0 spiro atoms. The molecule has 0 fully saturated rings. The topological polar surface area (TPSA) is 68.2 Å². The molecule has 1 aromatic heterocycles. The summed E-state index contributed by atoms with van der Waals surface area (Å²) in [6, 6.07) is -0.00452. The molecular formula is C13H24N4O2. The fourth-order valence-electron chi connectivity index (χ4n) is 1.53. The second-order valence-electron chi connectivity index (χ2n) is 5.63. The molecule has 6 nitrogen and oxygen atoms in total. The summed E-state index contributed by atoms with van der Waals surface area (Å²) < 4.78 is 7.14. The molecule has 6 heteroatoms. The smallest absolute Gasteiger partial charge is 0.407 e. The Balaban J connectivity index is 2.23. The molecule has 0 radical (unpaired) electrons. The van der Waals surface area contributed by atoms with Crippen LogP contribution in [0.3, 0.4) is 0 Å². The van der Waals surface area contributed by atoms with Crippen LogP contribution in [0.2, 0.25) is 0 Å². The lowest BCUT2D eigenvalue weighted by molar-refractivity contribution is 0.0508. The Hall–Kier alpha value is -1.56. The number of carbonyl (C=O) groups is 1. The summed E-state index contributed by atoms with van der Waals surface area (Å²) in [7, 11) is 1.95. The van der Waals surface area contributed by atoms with Crippen LogP contribution in [0.25, 0.3) is 0 Å². The molecule has 0 aromatic carbocycles. The molecule has 0 aliphatic carbocycles. The molecule has 0 bridgehead atoms. The van der Waals surface area contributed by atoms with E-state index in [2.05, 4.69) is 15.6 Å². The maximum atomic E-state index is 11.5. The van der Waals surface area contributed by atoms with E-state index in [4.69, 9.17) is 4.74 Å². The number of carbonyl (C=O) groups excluding carboxylic acids is 1. The Labute approximate surface area is 114 Å². The molecule has 1 aromatic rings. The largest absolute Gasteiger partial charge is 0.444 e. The molecule has 1 amide bonds. The highest BCUT2D eigenvalue weighted by Gasteiger charge is 2.17. The molecule has 0 aliphatic heterocycles. The average molecular weight is 268 g/mol. The summed E-state index contributed by atoms with van der Waals surface area (Å²) in [6.07, 6.45) is 3.28. The van der Waals surface area contributed by atoms with Crippen LogP contribution in [0, 0.1) is 0 Å². The monoisotopic (exact) mass is 268 g/mol. The molecule has 1 heterocycles. The standard InChI is InChI=1S/C13H24N4O2/c1-10(16-12(18)19-13(2,3)4)8-14-9-11-15-6-7-17(11)5/h6-7,10,14H,8-9H2,1-5H3,(H,16,18). The highest BCUT2D eigenvalue weighted by molar-refractivity contribution is 5.68. The number of hydrogen-bond acceptors (Lipinski definition) is 4. The second kappa shape index (κ2) is 6.56. The van der Waals surface area contributed by atoms with Crippen molar-refractivity contribution in [2.24, 2.45) is 7.05 Å². The van der Waals surface area contributed by atoms with Crippen LogP contribution in [0.15, 0.2) is 12.4 Å². The van der Waals surface area contributed by atoms with Gasteiger partial charge in [-0.15, -0.1) is 0 Å². The van der Waals surface area contributed by atoms with Crippen molar-refractivity contribution in [2.75, 3.05) is 6.54 Å². The van der Waals surface area contributed by atoms with Crippen LogP contribution in [-0.4, -0.2) is 33.8 Å². The van der Waals surface area contributed by atoms with Gasteiger partial charge in [0, 0.05) is 32.0 Å². The van der Waals surface area contributed by atoms with Crippen LogP contribution in [0.1, 0.15) is 33.5 Å². The first-order valence-corrected chi connectivity index (χ1v) is 6.44. The normalized spacial score (nSPS) is 13.1. The number of imidazole rings is 1. The van der Waals surface area contributed by atoms with Crippen molar-refractivity contribution >= 4 is 6.09 Å². The minimum Gasteiger partial charge on any atom is -0.444 e. The lowest BCUT2D eigenvalue weighted by atomic mass is 10.2. The lowest BCUT2D eigenvalue weighted by Crippen LogP contribution is -2.42. The van der Waals surface area contributed by atoms with Gasteiger partial charge in [0.2, 0.25) is 0 Å². The minimum absolute atomic E-state index is 0.00452. The van der Waals surface area contributed by atoms with Crippen molar-refractivity contribution in [1.82, 2.24) is 20.2 Å². The van der Waals surface area contributed by atoms with Crippen molar-refractivity contribution < 1.29 is 9.53 Å². The fraction of sp³-hybridized carbons (Fsp3) is 0.692. The maximum absolute atomic E-state index is 11.5. The van der Waals surface area contributed by atoms with Gasteiger partial charge in [-0.25, -0.2) is 9.78 Å². The molecular weight excluding hydrogens is 244 g/mol. The zero-order valence-electron chi connectivity index (χ0n) is 12.4. The summed E-state index contributed by atoms with van der Waals surface area (Å²) in [6.45, 7) is 8.79. The van der Waals surface area contributed by atoms with Gasteiger partial charge in [-0.05, 0) is 27.7 Å². The van der Waals surface area contributed by atoms with Crippen LogP contribution >= 0.6 is 0 Å². The predicted octanol–water partition coefficient (Wildman–Crippen LogP) is 1.42. The second-order valence-corrected chi connectivity index (χ2v) is 5.63. The summed E-state index contributed by atoms with van der Waals surface area (Å²) in [4.78, 5) is 15.7. The quantitative estimate of drug-likeness (QED) is 0.847. The summed E-state index contributed by atoms with van der Waals surface area (Å²) >= 11 is 0. The number of amides is 1. The molecule has 19 heavy (non-hydrogen) atoms. The zero-order chi connectivity index (χ0) is 14.5. The molecule has 0 aliphatic rings. The van der Waals surface area contributed by atoms with E-state index < -0.39 is 11.7 Å². The summed E-state index contributed by atoms with van der Waals surface area (Å²) in [5, 5.41) is 6.02. The molecule has 1 atom stereocenters. The third kappa shape index (κ3) is 6.24. The first-order chi connectivity index (χ1) is 8.78. The Bertz CT molecular complexity index is 409. The summed E-state index contributed by atoms with van der Waals surface area (Å²) in [5.74, 6) is 0.962. The van der Waals surface area contributed by atoms with Gasteiger partial charge in [0.05, 0.1) is 6.54 Å². The van der Waals surface area contributed by atoms with E-state index in [1.54, 1.807) is 6.20 Å². The van der Waals surface area contributed by atoms with Crippen molar-refractivity contribution in [2.45, 2.75) is 45.9 Å². The van der Waals surface area contributed by atoms with Crippen molar-refractivity contribution in [3.63, 3.8) is 0 Å². The zero-order valence-corrected chi connectivity index (χ0v) is 12.4. The third-order valence-corrected chi connectivity index (χ3v) is 2.42. The van der Waals surface area contributed by atoms with Crippen LogP contribution in [-0.2, 0) is 18.3 Å². The van der Waals surface area contributed by atoms with E-state index in [1.165, 1.54) is 0 Å². The van der Waals surface area contributed by atoms with Gasteiger partial charge in [0.1, 0.15) is 11.4 Å². The molecule has 0 saturated heterocycles. The summed E-state index contributed by atoms with van der Waals surface area (Å²) in [5.41, 5.74) is -0.468. The molecule has 1 unspecified atom stereocenters. The Morgan fingerprint density at radius 3 is 2.74 bits per heavy atom.